The number of rotatable bonds is 2. The summed E-state index contributed by atoms with van der Waals surface area (Å²) < 4.78 is 15.4. The largest absolute Gasteiger partial charge is 0.345 e. The van der Waals surface area contributed by atoms with E-state index >= 15 is 0 Å². The second kappa shape index (κ2) is 5.12. The predicted molar refractivity (Wildman–Crippen MR) is 72.5 cm³/mol. The van der Waals surface area contributed by atoms with E-state index in [-0.39, 0.29) is 10.9 Å². The molecule has 0 aliphatic heterocycles. The van der Waals surface area contributed by atoms with Crippen molar-refractivity contribution in [3.05, 3.63) is 51.5 Å². The van der Waals surface area contributed by atoms with E-state index in [1.54, 1.807) is 23.9 Å². The maximum atomic E-state index is 12.9. The highest BCUT2D eigenvalue weighted by Gasteiger charge is 2.13. The van der Waals surface area contributed by atoms with E-state index in [9.17, 15) is 9.18 Å². The van der Waals surface area contributed by atoms with Gasteiger partial charge in [-0.05, 0) is 40.2 Å². The van der Waals surface area contributed by atoms with Crippen molar-refractivity contribution in [2.45, 2.75) is 0 Å². The van der Waals surface area contributed by atoms with Crippen LogP contribution in [0.1, 0.15) is 10.5 Å². The Morgan fingerprint density at radius 3 is 2.72 bits per heavy atom. The van der Waals surface area contributed by atoms with E-state index in [4.69, 9.17) is 11.6 Å². The highest BCUT2D eigenvalue weighted by atomic mass is 79.9. The monoisotopic (exact) mass is 330 g/mol. The van der Waals surface area contributed by atoms with Crippen LogP contribution in [0.25, 0.3) is 0 Å². The molecule has 2 aromatic rings. The van der Waals surface area contributed by atoms with Gasteiger partial charge in [0.15, 0.2) is 0 Å². The smallest absolute Gasteiger partial charge is 0.272 e. The van der Waals surface area contributed by atoms with Crippen LogP contribution in [0.4, 0.5) is 10.1 Å². The zero-order valence-electron chi connectivity index (χ0n) is 9.38. The minimum Gasteiger partial charge on any atom is -0.345 e. The summed E-state index contributed by atoms with van der Waals surface area (Å²) in [6.07, 6.45) is 1.77. The minimum atomic E-state index is -0.445. The zero-order chi connectivity index (χ0) is 13.3. The highest BCUT2D eigenvalue weighted by Crippen LogP contribution is 2.23. The van der Waals surface area contributed by atoms with Crippen LogP contribution in [0.15, 0.2) is 34.9 Å². The van der Waals surface area contributed by atoms with Crippen molar-refractivity contribution in [2.24, 2.45) is 7.05 Å². The molecule has 1 aromatic heterocycles. The van der Waals surface area contributed by atoms with Gasteiger partial charge in [0.2, 0.25) is 0 Å². The molecule has 0 atom stereocenters. The number of aromatic nitrogens is 1. The van der Waals surface area contributed by atoms with Crippen molar-refractivity contribution in [1.29, 1.82) is 0 Å². The number of amides is 1. The summed E-state index contributed by atoms with van der Waals surface area (Å²) in [6, 6.07) is 5.50. The van der Waals surface area contributed by atoms with Crippen molar-refractivity contribution >= 4 is 39.1 Å². The van der Waals surface area contributed by atoms with E-state index < -0.39 is 5.82 Å². The number of aryl methyl sites for hydroxylation is 1. The lowest BCUT2D eigenvalue weighted by atomic mass is 10.3. The van der Waals surface area contributed by atoms with E-state index in [0.29, 0.717) is 11.4 Å². The Kier molecular flexibility index (Phi) is 3.73. The third-order valence-electron chi connectivity index (χ3n) is 2.38. The first-order chi connectivity index (χ1) is 8.47. The van der Waals surface area contributed by atoms with Crippen molar-refractivity contribution in [3.8, 4) is 0 Å². The van der Waals surface area contributed by atoms with Crippen LogP contribution in [-0.4, -0.2) is 10.5 Å². The van der Waals surface area contributed by atoms with Crippen molar-refractivity contribution in [3.63, 3.8) is 0 Å². The Labute approximate surface area is 117 Å². The van der Waals surface area contributed by atoms with Gasteiger partial charge in [-0.2, -0.15) is 0 Å². The van der Waals surface area contributed by atoms with Gasteiger partial charge in [0.1, 0.15) is 11.5 Å². The van der Waals surface area contributed by atoms with Crippen molar-refractivity contribution in [1.82, 2.24) is 4.57 Å². The molecule has 2 rings (SSSR count). The molecule has 0 saturated heterocycles. The first kappa shape index (κ1) is 13.1. The molecule has 1 amide bonds. The summed E-state index contributed by atoms with van der Waals surface area (Å²) in [6.45, 7) is 0. The number of nitrogens with one attached hydrogen (secondary N) is 1. The topological polar surface area (TPSA) is 34.0 Å². The number of nitrogens with zero attached hydrogens (tertiary/aromatic N) is 1. The van der Waals surface area contributed by atoms with Crippen LogP contribution in [0.2, 0.25) is 5.02 Å². The lowest BCUT2D eigenvalue weighted by Gasteiger charge is -2.07. The second-order valence-electron chi connectivity index (χ2n) is 3.73. The summed E-state index contributed by atoms with van der Waals surface area (Å²) in [7, 11) is 1.76. The first-order valence-corrected chi connectivity index (χ1v) is 6.23. The Balaban J connectivity index is 2.24. The van der Waals surface area contributed by atoms with Gasteiger partial charge < -0.3 is 9.88 Å². The number of benzene rings is 1. The molecular weight excluding hydrogens is 322 g/mol. The highest BCUT2D eigenvalue weighted by molar-refractivity contribution is 9.10. The van der Waals surface area contributed by atoms with Gasteiger partial charge in [0.25, 0.3) is 5.91 Å². The number of hydrogen-bond donors (Lipinski definition) is 1. The van der Waals surface area contributed by atoms with Crippen LogP contribution in [0, 0.1) is 5.82 Å². The van der Waals surface area contributed by atoms with E-state index in [2.05, 4.69) is 21.2 Å². The Bertz CT molecular complexity index is 612. The third-order valence-corrected chi connectivity index (χ3v) is 3.13. The molecular formula is C12H9BrClFN2O. The van der Waals surface area contributed by atoms with Gasteiger partial charge in [-0.3, -0.25) is 4.79 Å². The molecule has 1 N–H and O–H groups in total. The average molecular weight is 332 g/mol. The van der Waals surface area contributed by atoms with Gasteiger partial charge in [-0.15, -0.1) is 0 Å². The number of carbonyl (C=O) groups is 1. The fraction of sp³-hybridized carbons (Fsp3) is 0.0833. The molecule has 18 heavy (non-hydrogen) atoms. The standard InChI is InChI=1S/C12H9BrClFN2O/c1-17-6-7(13)4-11(17)12(18)16-10-3-2-8(15)5-9(10)14/h2-6H,1H3,(H,16,18). The Morgan fingerprint density at radius 1 is 1.44 bits per heavy atom. The van der Waals surface area contributed by atoms with Gasteiger partial charge in [-0.25, -0.2) is 4.39 Å². The fourth-order valence-corrected chi connectivity index (χ4v) is 2.27. The molecule has 1 heterocycles. The van der Waals surface area contributed by atoms with Gasteiger partial charge in [-0.1, -0.05) is 11.6 Å². The third kappa shape index (κ3) is 2.73. The van der Waals surface area contributed by atoms with Crippen LogP contribution < -0.4 is 5.32 Å². The normalized spacial score (nSPS) is 10.4. The Morgan fingerprint density at radius 2 is 2.17 bits per heavy atom. The number of halogens is 3. The quantitative estimate of drug-likeness (QED) is 0.891. The molecule has 6 heteroatoms. The molecule has 0 radical (unpaired) electrons. The zero-order valence-corrected chi connectivity index (χ0v) is 11.7. The fourth-order valence-electron chi connectivity index (χ4n) is 1.53. The predicted octanol–water partition coefficient (Wildman–Crippen LogP) is 3.83. The van der Waals surface area contributed by atoms with E-state index in [0.717, 1.165) is 10.5 Å². The van der Waals surface area contributed by atoms with Crippen LogP contribution >= 0.6 is 27.5 Å². The van der Waals surface area contributed by atoms with Gasteiger partial charge in [0, 0.05) is 17.7 Å². The molecule has 0 aliphatic carbocycles. The summed E-state index contributed by atoms with van der Waals surface area (Å²) >= 11 is 9.12. The first-order valence-electron chi connectivity index (χ1n) is 5.05. The molecule has 0 spiro atoms. The minimum absolute atomic E-state index is 0.164. The maximum absolute atomic E-state index is 12.9. The molecule has 0 fully saturated rings. The van der Waals surface area contributed by atoms with Crippen molar-refractivity contribution in [2.75, 3.05) is 5.32 Å². The number of carbonyl (C=O) groups excluding carboxylic acids is 1. The second-order valence-corrected chi connectivity index (χ2v) is 5.06. The van der Waals surface area contributed by atoms with Gasteiger partial charge in [0.05, 0.1) is 10.7 Å². The summed E-state index contributed by atoms with van der Waals surface area (Å²) in [4.78, 5) is 12.0. The number of hydrogen-bond acceptors (Lipinski definition) is 1. The Hall–Kier alpha value is -1.33. The number of anilines is 1. The summed E-state index contributed by atoms with van der Waals surface area (Å²) in [5.74, 6) is -0.753. The lowest BCUT2D eigenvalue weighted by Crippen LogP contribution is -2.15. The molecule has 0 bridgehead atoms. The van der Waals surface area contributed by atoms with Crippen LogP contribution in [-0.2, 0) is 7.05 Å². The molecule has 94 valence electrons. The van der Waals surface area contributed by atoms with Crippen LogP contribution in [0.3, 0.4) is 0 Å². The van der Waals surface area contributed by atoms with E-state index in [1.807, 2.05) is 0 Å². The van der Waals surface area contributed by atoms with Crippen molar-refractivity contribution < 1.29 is 9.18 Å². The van der Waals surface area contributed by atoms with E-state index in [1.165, 1.54) is 12.1 Å². The molecule has 0 unspecified atom stereocenters. The summed E-state index contributed by atoms with van der Waals surface area (Å²) in [5, 5.41) is 2.79. The van der Waals surface area contributed by atoms with Crippen LogP contribution in [0.5, 0.6) is 0 Å². The lowest BCUT2D eigenvalue weighted by molar-refractivity contribution is 0.101. The molecule has 0 saturated carbocycles. The molecule has 1 aromatic carbocycles. The molecule has 3 nitrogen and oxygen atoms in total. The SMILES string of the molecule is Cn1cc(Br)cc1C(=O)Nc1ccc(F)cc1Cl. The maximum Gasteiger partial charge on any atom is 0.272 e. The average Bonchev–Trinajstić information content (AvgIpc) is 2.62. The van der Waals surface area contributed by atoms with Gasteiger partial charge >= 0.3 is 0 Å². The summed E-state index contributed by atoms with van der Waals surface area (Å²) in [5.41, 5.74) is 0.850. The molecule has 0 aliphatic rings.